The number of hydrogen-bond acceptors (Lipinski definition) is 3. The second-order valence-corrected chi connectivity index (χ2v) is 6.60. The lowest BCUT2D eigenvalue weighted by Gasteiger charge is -2.10. The number of carbonyl (C=O) groups is 1. The van der Waals surface area contributed by atoms with Crippen LogP contribution < -0.4 is 5.32 Å². The van der Waals surface area contributed by atoms with E-state index in [9.17, 15) is 4.79 Å². The minimum Gasteiger partial charge on any atom is -0.477 e. The summed E-state index contributed by atoms with van der Waals surface area (Å²) >= 11 is 19.2. The molecule has 1 aromatic heterocycles. The van der Waals surface area contributed by atoms with Gasteiger partial charge in [-0.05, 0) is 30.7 Å². The Balaban J connectivity index is 2.19. The van der Waals surface area contributed by atoms with Crippen LogP contribution in [-0.4, -0.2) is 11.1 Å². The first kappa shape index (κ1) is 15.4. The van der Waals surface area contributed by atoms with E-state index in [0.717, 1.165) is 10.4 Å². The number of carboxylic acid groups (broad SMARTS) is 1. The molecule has 7 heteroatoms. The first-order valence-electron chi connectivity index (χ1n) is 5.59. The number of aryl methyl sites for hydroxylation is 1. The van der Waals surface area contributed by atoms with Gasteiger partial charge >= 0.3 is 5.97 Å². The topological polar surface area (TPSA) is 49.3 Å². The average Bonchev–Trinajstić information content (AvgIpc) is 2.70. The highest BCUT2D eigenvalue weighted by molar-refractivity contribution is 7.14. The van der Waals surface area contributed by atoms with Gasteiger partial charge in [0.1, 0.15) is 4.88 Å². The zero-order valence-corrected chi connectivity index (χ0v) is 13.4. The van der Waals surface area contributed by atoms with Crippen LogP contribution in [0.5, 0.6) is 0 Å². The van der Waals surface area contributed by atoms with Crippen LogP contribution in [0.25, 0.3) is 0 Å². The van der Waals surface area contributed by atoms with Crippen molar-refractivity contribution in [1.82, 2.24) is 0 Å². The minimum atomic E-state index is -0.924. The molecule has 0 fully saturated rings. The van der Waals surface area contributed by atoms with Crippen molar-refractivity contribution in [2.24, 2.45) is 0 Å². The van der Waals surface area contributed by atoms with Crippen LogP contribution in [0.2, 0.25) is 15.1 Å². The predicted octanol–water partition coefficient (Wildman–Crippen LogP) is 5.33. The molecule has 1 heterocycles. The van der Waals surface area contributed by atoms with Crippen LogP contribution in [0, 0.1) is 6.92 Å². The summed E-state index contributed by atoms with van der Waals surface area (Å²) in [7, 11) is 0. The molecule has 3 nitrogen and oxygen atoms in total. The van der Waals surface area contributed by atoms with Crippen LogP contribution in [0.4, 0.5) is 5.69 Å². The monoisotopic (exact) mass is 349 g/mol. The molecule has 20 heavy (non-hydrogen) atoms. The third-order valence-electron chi connectivity index (χ3n) is 2.69. The maximum Gasteiger partial charge on any atom is 0.345 e. The van der Waals surface area contributed by atoms with Gasteiger partial charge in [-0.2, -0.15) is 0 Å². The number of carboxylic acids is 1. The molecule has 0 spiro atoms. The Bertz CT molecular complexity index is 647. The molecule has 0 unspecified atom stereocenters. The number of benzene rings is 1. The zero-order chi connectivity index (χ0) is 14.9. The number of nitrogens with one attached hydrogen (secondary N) is 1. The van der Waals surface area contributed by atoms with Gasteiger partial charge in [0.05, 0.1) is 15.7 Å². The van der Waals surface area contributed by atoms with Gasteiger partial charge in [-0.3, -0.25) is 0 Å². The van der Waals surface area contributed by atoms with Crippen molar-refractivity contribution < 1.29 is 9.90 Å². The largest absolute Gasteiger partial charge is 0.477 e. The highest BCUT2D eigenvalue weighted by Gasteiger charge is 2.12. The van der Waals surface area contributed by atoms with E-state index in [2.05, 4.69) is 5.32 Å². The molecule has 0 radical (unpaired) electrons. The van der Waals surface area contributed by atoms with Gasteiger partial charge in [-0.1, -0.05) is 34.8 Å². The Morgan fingerprint density at radius 3 is 2.35 bits per heavy atom. The van der Waals surface area contributed by atoms with Crippen molar-refractivity contribution in [3.05, 3.63) is 48.6 Å². The van der Waals surface area contributed by atoms with Crippen molar-refractivity contribution in [3.8, 4) is 0 Å². The van der Waals surface area contributed by atoms with Gasteiger partial charge in [-0.25, -0.2) is 4.79 Å². The maximum atomic E-state index is 10.9. The molecule has 2 rings (SSSR count). The van der Waals surface area contributed by atoms with Gasteiger partial charge in [0, 0.05) is 16.4 Å². The Morgan fingerprint density at radius 1 is 1.25 bits per heavy atom. The minimum absolute atomic E-state index is 0.313. The van der Waals surface area contributed by atoms with Gasteiger partial charge in [0.2, 0.25) is 0 Å². The lowest BCUT2D eigenvalue weighted by Crippen LogP contribution is -2.01. The summed E-state index contributed by atoms with van der Waals surface area (Å²) in [6.07, 6.45) is 0. The number of halogens is 3. The number of hydrogen-bond donors (Lipinski definition) is 2. The molecular formula is C13H10Cl3NO2S. The number of rotatable bonds is 4. The SMILES string of the molecule is Cc1sc(C(=O)O)cc1CNc1c(Cl)cc(Cl)cc1Cl. The Hall–Kier alpha value is -0.940. The molecule has 0 saturated heterocycles. The second-order valence-electron chi connectivity index (χ2n) is 4.10. The Labute approximate surface area is 135 Å². The Morgan fingerprint density at radius 2 is 1.85 bits per heavy atom. The molecule has 2 N–H and O–H groups in total. The van der Waals surface area contributed by atoms with Crippen LogP contribution in [-0.2, 0) is 6.54 Å². The van der Waals surface area contributed by atoms with Crippen LogP contribution in [0.1, 0.15) is 20.1 Å². The summed E-state index contributed by atoms with van der Waals surface area (Å²) in [4.78, 5) is 12.2. The fraction of sp³-hybridized carbons (Fsp3) is 0.154. The molecule has 0 aliphatic carbocycles. The van der Waals surface area contributed by atoms with Crippen molar-refractivity contribution >= 4 is 57.8 Å². The van der Waals surface area contributed by atoms with Crippen LogP contribution in [0.15, 0.2) is 18.2 Å². The molecule has 0 atom stereocenters. The smallest absolute Gasteiger partial charge is 0.345 e. The first-order chi connectivity index (χ1) is 9.38. The summed E-state index contributed by atoms with van der Waals surface area (Å²) < 4.78 is 0. The van der Waals surface area contributed by atoms with Crippen LogP contribution >= 0.6 is 46.1 Å². The summed E-state index contributed by atoms with van der Waals surface area (Å²) in [5.41, 5.74) is 1.48. The van der Waals surface area contributed by atoms with E-state index in [1.54, 1.807) is 18.2 Å². The summed E-state index contributed by atoms with van der Waals surface area (Å²) in [5.74, 6) is -0.924. The van der Waals surface area contributed by atoms with E-state index in [1.165, 1.54) is 11.3 Å². The molecule has 0 bridgehead atoms. The normalized spacial score (nSPS) is 10.6. The Kier molecular flexibility index (Phi) is 4.81. The molecule has 0 saturated carbocycles. The van der Waals surface area contributed by atoms with E-state index in [4.69, 9.17) is 39.9 Å². The van der Waals surface area contributed by atoms with E-state index in [-0.39, 0.29) is 0 Å². The maximum absolute atomic E-state index is 10.9. The van der Waals surface area contributed by atoms with Gasteiger partial charge in [0.25, 0.3) is 0 Å². The van der Waals surface area contributed by atoms with Crippen molar-refractivity contribution in [2.75, 3.05) is 5.32 Å². The average molecular weight is 351 g/mol. The first-order valence-corrected chi connectivity index (χ1v) is 7.54. The third-order valence-corrected chi connectivity index (χ3v) is 4.59. The highest BCUT2D eigenvalue weighted by atomic mass is 35.5. The molecule has 2 aromatic rings. The molecule has 106 valence electrons. The molecule has 0 aliphatic heterocycles. The third kappa shape index (κ3) is 3.38. The highest BCUT2D eigenvalue weighted by Crippen LogP contribution is 2.34. The number of anilines is 1. The molecular weight excluding hydrogens is 341 g/mol. The molecule has 0 aliphatic rings. The fourth-order valence-corrected chi connectivity index (χ4v) is 3.53. The fourth-order valence-electron chi connectivity index (χ4n) is 1.70. The van der Waals surface area contributed by atoms with Crippen molar-refractivity contribution in [1.29, 1.82) is 0 Å². The van der Waals surface area contributed by atoms with E-state index >= 15 is 0 Å². The number of thiophene rings is 1. The summed E-state index contributed by atoms with van der Waals surface area (Å²) in [5, 5.41) is 13.4. The van der Waals surface area contributed by atoms with Gasteiger partial charge in [-0.15, -0.1) is 11.3 Å². The molecule has 1 aromatic carbocycles. The summed E-state index contributed by atoms with van der Waals surface area (Å²) in [6, 6.07) is 4.84. The van der Waals surface area contributed by atoms with E-state index in [0.29, 0.717) is 32.2 Å². The predicted molar refractivity (Wildman–Crippen MR) is 84.8 cm³/mol. The lowest BCUT2D eigenvalue weighted by molar-refractivity contribution is 0.0702. The second kappa shape index (κ2) is 6.22. The quantitative estimate of drug-likeness (QED) is 0.784. The van der Waals surface area contributed by atoms with Gasteiger partial charge in [0.15, 0.2) is 0 Å². The van der Waals surface area contributed by atoms with Crippen molar-refractivity contribution in [3.63, 3.8) is 0 Å². The van der Waals surface area contributed by atoms with Crippen molar-refractivity contribution in [2.45, 2.75) is 13.5 Å². The molecule has 0 amide bonds. The van der Waals surface area contributed by atoms with E-state index in [1.807, 2.05) is 6.92 Å². The summed E-state index contributed by atoms with van der Waals surface area (Å²) in [6.45, 7) is 2.32. The standard InChI is InChI=1S/C13H10Cl3NO2S/c1-6-7(2-11(20-6)13(18)19)5-17-12-9(15)3-8(14)4-10(12)16/h2-4,17H,5H2,1H3,(H,18,19). The number of aromatic carboxylic acids is 1. The van der Waals surface area contributed by atoms with Crippen LogP contribution in [0.3, 0.4) is 0 Å². The lowest BCUT2D eigenvalue weighted by atomic mass is 10.2. The van der Waals surface area contributed by atoms with Gasteiger partial charge < -0.3 is 10.4 Å². The van der Waals surface area contributed by atoms with E-state index < -0.39 is 5.97 Å². The zero-order valence-electron chi connectivity index (χ0n) is 10.3.